The highest BCUT2D eigenvalue weighted by Gasteiger charge is 2.32. The summed E-state index contributed by atoms with van der Waals surface area (Å²) in [5.41, 5.74) is 3.41. The zero-order valence-electron chi connectivity index (χ0n) is 8.61. The van der Waals surface area contributed by atoms with Crippen molar-refractivity contribution in [3.8, 4) is 0 Å². The molecule has 1 fully saturated rings. The molecule has 1 unspecified atom stereocenters. The molecule has 0 bridgehead atoms. The van der Waals surface area contributed by atoms with E-state index in [4.69, 9.17) is 0 Å². The Balaban J connectivity index is 2.75. The molecule has 68 valence electrons. The fourth-order valence-electron chi connectivity index (χ4n) is 2.49. The van der Waals surface area contributed by atoms with Crippen LogP contribution < -0.4 is 0 Å². The van der Waals surface area contributed by atoms with Gasteiger partial charge in [-0.05, 0) is 44.9 Å². The third kappa shape index (κ3) is 1.80. The number of hydrogen-bond donors (Lipinski definition) is 0. The van der Waals surface area contributed by atoms with Gasteiger partial charge >= 0.3 is 0 Å². The maximum atomic E-state index is 4.01. The first kappa shape index (κ1) is 9.57. The van der Waals surface area contributed by atoms with Crippen LogP contribution in [0.4, 0.5) is 0 Å². The van der Waals surface area contributed by atoms with Crippen LogP contribution in [-0.4, -0.2) is 0 Å². The molecule has 0 heteroatoms. The molecule has 1 rings (SSSR count). The first-order valence-electron chi connectivity index (χ1n) is 4.88. The molecule has 0 aliphatic heterocycles. The lowest BCUT2D eigenvalue weighted by molar-refractivity contribution is 0.406. The molecule has 0 N–H and O–H groups in total. The van der Waals surface area contributed by atoms with Gasteiger partial charge in [0.2, 0.25) is 0 Å². The molecule has 12 heavy (non-hydrogen) atoms. The Labute approximate surface area is 76.4 Å². The average molecular weight is 164 g/mol. The molecule has 0 radical (unpaired) electrons. The van der Waals surface area contributed by atoms with Crippen molar-refractivity contribution in [2.45, 2.75) is 46.5 Å². The fourth-order valence-corrected chi connectivity index (χ4v) is 2.49. The first-order chi connectivity index (χ1) is 5.58. The summed E-state index contributed by atoms with van der Waals surface area (Å²) in [6.07, 6.45) is 7.49. The average Bonchev–Trinajstić information content (AvgIpc) is 2.28. The van der Waals surface area contributed by atoms with Gasteiger partial charge in [0.15, 0.2) is 0 Å². The van der Waals surface area contributed by atoms with Crippen LogP contribution in [0.1, 0.15) is 46.5 Å². The molecule has 1 aliphatic rings. The molecule has 1 saturated carbocycles. The largest absolute Gasteiger partial charge is 0.100 e. The highest BCUT2D eigenvalue weighted by molar-refractivity contribution is 5.20. The van der Waals surface area contributed by atoms with E-state index < -0.39 is 0 Å². The van der Waals surface area contributed by atoms with E-state index in [1.807, 2.05) is 0 Å². The zero-order valence-corrected chi connectivity index (χ0v) is 8.61. The van der Waals surface area contributed by atoms with Gasteiger partial charge in [-0.15, -0.1) is 6.58 Å². The van der Waals surface area contributed by atoms with Crippen molar-refractivity contribution in [1.29, 1.82) is 0 Å². The minimum atomic E-state index is 0.445. The Morgan fingerprint density at radius 2 is 2.33 bits per heavy atom. The van der Waals surface area contributed by atoms with Gasteiger partial charge in [0.1, 0.15) is 0 Å². The van der Waals surface area contributed by atoms with Crippen LogP contribution in [0.15, 0.2) is 23.8 Å². The van der Waals surface area contributed by atoms with Crippen LogP contribution in [0, 0.1) is 5.41 Å². The molecular formula is C12H20. The molecule has 0 aromatic carbocycles. The van der Waals surface area contributed by atoms with Gasteiger partial charge in [0.05, 0.1) is 0 Å². The first-order valence-corrected chi connectivity index (χ1v) is 4.88. The van der Waals surface area contributed by atoms with Gasteiger partial charge in [-0.1, -0.05) is 24.1 Å². The molecule has 0 saturated heterocycles. The van der Waals surface area contributed by atoms with Crippen molar-refractivity contribution in [2.75, 3.05) is 0 Å². The van der Waals surface area contributed by atoms with Crippen molar-refractivity contribution < 1.29 is 0 Å². The van der Waals surface area contributed by atoms with E-state index in [-0.39, 0.29) is 0 Å². The molecule has 1 aliphatic carbocycles. The minimum absolute atomic E-state index is 0.445. The third-order valence-electron chi connectivity index (χ3n) is 2.99. The van der Waals surface area contributed by atoms with E-state index in [1.54, 1.807) is 5.57 Å². The van der Waals surface area contributed by atoms with Crippen molar-refractivity contribution in [1.82, 2.24) is 0 Å². The van der Waals surface area contributed by atoms with Crippen molar-refractivity contribution in [3.63, 3.8) is 0 Å². The topological polar surface area (TPSA) is 0 Å². The van der Waals surface area contributed by atoms with E-state index in [9.17, 15) is 0 Å². The lowest BCUT2D eigenvalue weighted by atomic mass is 9.79. The monoisotopic (exact) mass is 164 g/mol. The van der Waals surface area contributed by atoms with Crippen LogP contribution >= 0.6 is 0 Å². The molecule has 1 atom stereocenters. The SMILES string of the molecule is C=C(C)CC1(C)CCCC1=CC. The summed E-state index contributed by atoms with van der Waals surface area (Å²) < 4.78 is 0. The third-order valence-corrected chi connectivity index (χ3v) is 2.99. The molecule has 0 aromatic rings. The van der Waals surface area contributed by atoms with Gasteiger partial charge < -0.3 is 0 Å². The predicted molar refractivity (Wildman–Crippen MR) is 55.1 cm³/mol. The van der Waals surface area contributed by atoms with E-state index >= 15 is 0 Å². The summed E-state index contributed by atoms with van der Waals surface area (Å²) in [4.78, 5) is 0. The summed E-state index contributed by atoms with van der Waals surface area (Å²) in [5, 5.41) is 0. The Bertz CT molecular complexity index is 210. The van der Waals surface area contributed by atoms with Gasteiger partial charge in [0.25, 0.3) is 0 Å². The highest BCUT2D eigenvalue weighted by Crippen LogP contribution is 2.46. The lowest BCUT2D eigenvalue weighted by Crippen LogP contribution is -2.13. The second-order valence-electron chi connectivity index (χ2n) is 4.36. The number of allylic oxidation sites excluding steroid dienone is 3. The Morgan fingerprint density at radius 1 is 1.67 bits per heavy atom. The molecule has 0 heterocycles. The summed E-state index contributed by atoms with van der Waals surface area (Å²) in [5.74, 6) is 0. The summed E-state index contributed by atoms with van der Waals surface area (Å²) in [6.45, 7) is 10.7. The molecule has 0 aromatic heterocycles. The lowest BCUT2D eigenvalue weighted by Gasteiger charge is -2.26. The van der Waals surface area contributed by atoms with E-state index in [1.165, 1.54) is 31.3 Å². The fraction of sp³-hybridized carbons (Fsp3) is 0.667. The van der Waals surface area contributed by atoms with Gasteiger partial charge in [0, 0.05) is 0 Å². The minimum Gasteiger partial charge on any atom is -0.100 e. The normalized spacial score (nSPS) is 32.8. The second-order valence-corrected chi connectivity index (χ2v) is 4.36. The van der Waals surface area contributed by atoms with Gasteiger partial charge in [-0.25, -0.2) is 0 Å². The van der Waals surface area contributed by atoms with Crippen molar-refractivity contribution in [2.24, 2.45) is 5.41 Å². The standard InChI is InChI=1S/C12H20/c1-5-11-7-6-8-12(11,4)9-10(2)3/h5H,2,6-9H2,1,3-4H3. The van der Waals surface area contributed by atoms with E-state index in [2.05, 4.69) is 33.4 Å². The van der Waals surface area contributed by atoms with E-state index in [0.29, 0.717) is 5.41 Å². The van der Waals surface area contributed by atoms with Gasteiger partial charge in [-0.2, -0.15) is 0 Å². The summed E-state index contributed by atoms with van der Waals surface area (Å²) in [6, 6.07) is 0. The highest BCUT2D eigenvalue weighted by atomic mass is 14.4. The number of rotatable bonds is 2. The Morgan fingerprint density at radius 3 is 2.83 bits per heavy atom. The maximum Gasteiger partial charge on any atom is -0.00795 e. The van der Waals surface area contributed by atoms with Crippen molar-refractivity contribution >= 4 is 0 Å². The van der Waals surface area contributed by atoms with Crippen LogP contribution in [0.3, 0.4) is 0 Å². The Hall–Kier alpha value is -0.520. The second kappa shape index (κ2) is 3.47. The number of hydrogen-bond acceptors (Lipinski definition) is 0. The predicted octanol–water partition coefficient (Wildman–Crippen LogP) is 4.09. The molecule has 0 amide bonds. The molecule has 0 nitrogen and oxygen atoms in total. The van der Waals surface area contributed by atoms with Crippen LogP contribution in [0.2, 0.25) is 0 Å². The maximum absolute atomic E-state index is 4.01. The Kier molecular flexibility index (Phi) is 2.76. The van der Waals surface area contributed by atoms with Crippen molar-refractivity contribution in [3.05, 3.63) is 23.8 Å². The van der Waals surface area contributed by atoms with Crippen LogP contribution in [-0.2, 0) is 0 Å². The molecular weight excluding hydrogens is 144 g/mol. The molecule has 0 spiro atoms. The van der Waals surface area contributed by atoms with E-state index in [0.717, 1.165) is 0 Å². The van der Waals surface area contributed by atoms with Gasteiger partial charge in [-0.3, -0.25) is 0 Å². The van der Waals surface area contributed by atoms with Crippen LogP contribution in [0.5, 0.6) is 0 Å². The summed E-state index contributed by atoms with van der Waals surface area (Å²) in [7, 11) is 0. The van der Waals surface area contributed by atoms with Crippen LogP contribution in [0.25, 0.3) is 0 Å². The summed E-state index contributed by atoms with van der Waals surface area (Å²) >= 11 is 0. The zero-order chi connectivity index (χ0) is 9.19. The smallest absolute Gasteiger partial charge is 0.00795 e. The quantitative estimate of drug-likeness (QED) is 0.539.